The highest BCUT2D eigenvalue weighted by Crippen LogP contribution is 2.22. The molecule has 1 aliphatic heterocycles. The highest BCUT2D eigenvalue weighted by molar-refractivity contribution is 6.30. The molecule has 1 aliphatic rings. The Morgan fingerprint density at radius 1 is 1.28 bits per heavy atom. The Bertz CT molecular complexity index is 545. The number of H-pyrrole nitrogens is 1. The monoisotopic (exact) mass is 260 g/mol. The Morgan fingerprint density at radius 2 is 2.11 bits per heavy atom. The minimum atomic E-state index is 0.748. The Kier molecular flexibility index (Phi) is 3.02. The summed E-state index contributed by atoms with van der Waals surface area (Å²) in [5.74, 6) is 0.965. The summed E-state index contributed by atoms with van der Waals surface area (Å²) in [5.41, 5.74) is 2.23. The molecule has 0 unspecified atom stereocenters. The Morgan fingerprint density at radius 3 is 2.83 bits per heavy atom. The van der Waals surface area contributed by atoms with E-state index in [9.17, 15) is 0 Å². The zero-order chi connectivity index (χ0) is 12.4. The van der Waals surface area contributed by atoms with E-state index in [0.29, 0.717) is 0 Å². The van der Waals surface area contributed by atoms with Crippen LogP contribution in [0.25, 0.3) is 0 Å². The van der Waals surface area contributed by atoms with Crippen LogP contribution in [-0.2, 0) is 6.42 Å². The van der Waals surface area contributed by atoms with Crippen LogP contribution in [0.1, 0.15) is 12.2 Å². The normalized spacial score (nSPS) is 14.9. The van der Waals surface area contributed by atoms with E-state index in [4.69, 9.17) is 11.6 Å². The van der Waals surface area contributed by atoms with Crippen molar-refractivity contribution >= 4 is 23.0 Å². The average Bonchev–Trinajstić information content (AvgIpc) is 3.02. The predicted molar refractivity (Wildman–Crippen MR) is 73.1 cm³/mol. The maximum absolute atomic E-state index is 5.88. The lowest BCUT2D eigenvalue weighted by Gasteiger charge is -2.12. The van der Waals surface area contributed by atoms with Gasteiger partial charge < -0.3 is 4.98 Å². The lowest BCUT2D eigenvalue weighted by Crippen LogP contribution is -2.11. The van der Waals surface area contributed by atoms with Crippen LogP contribution >= 0.6 is 11.6 Å². The van der Waals surface area contributed by atoms with Gasteiger partial charge in [0.05, 0.1) is 5.69 Å². The SMILES string of the molecule is Clc1ccc(N2CCC(Cc3ncc[nH]3)=N2)cc1. The molecule has 0 saturated heterocycles. The number of aromatic amines is 1. The number of hydrogen-bond donors (Lipinski definition) is 1. The summed E-state index contributed by atoms with van der Waals surface area (Å²) >= 11 is 5.88. The molecule has 4 nitrogen and oxygen atoms in total. The third kappa shape index (κ3) is 2.38. The van der Waals surface area contributed by atoms with E-state index in [2.05, 4.69) is 15.1 Å². The highest BCUT2D eigenvalue weighted by Gasteiger charge is 2.16. The summed E-state index contributed by atoms with van der Waals surface area (Å²) in [6.07, 6.45) is 5.37. The molecular formula is C13H13ClN4. The first kappa shape index (κ1) is 11.3. The number of aromatic nitrogens is 2. The minimum Gasteiger partial charge on any atom is -0.348 e. The predicted octanol–water partition coefficient (Wildman–Crippen LogP) is 2.87. The molecule has 1 aromatic carbocycles. The second-order valence-electron chi connectivity index (χ2n) is 4.23. The van der Waals surface area contributed by atoms with Crippen LogP contribution in [0.15, 0.2) is 41.8 Å². The molecule has 1 aromatic heterocycles. The number of hydrogen-bond acceptors (Lipinski definition) is 3. The molecule has 0 atom stereocenters. The molecule has 2 heterocycles. The van der Waals surface area contributed by atoms with Gasteiger partial charge in [-0.05, 0) is 24.3 Å². The molecule has 0 saturated carbocycles. The molecule has 5 heteroatoms. The first-order chi connectivity index (χ1) is 8.81. The Hall–Kier alpha value is -1.81. The van der Waals surface area contributed by atoms with E-state index in [1.54, 1.807) is 6.20 Å². The quantitative estimate of drug-likeness (QED) is 0.922. The molecule has 0 bridgehead atoms. The number of anilines is 1. The van der Waals surface area contributed by atoms with Crippen LogP contribution in [0.4, 0.5) is 5.69 Å². The van der Waals surface area contributed by atoms with Gasteiger partial charge in [-0.2, -0.15) is 5.10 Å². The lowest BCUT2D eigenvalue weighted by atomic mass is 10.2. The zero-order valence-electron chi connectivity index (χ0n) is 9.81. The third-order valence-electron chi connectivity index (χ3n) is 2.93. The van der Waals surface area contributed by atoms with Gasteiger partial charge in [0.25, 0.3) is 0 Å². The van der Waals surface area contributed by atoms with Crippen molar-refractivity contribution in [2.45, 2.75) is 12.8 Å². The van der Waals surface area contributed by atoms with Gasteiger partial charge in [-0.15, -0.1) is 0 Å². The van der Waals surface area contributed by atoms with Crippen molar-refractivity contribution in [3.8, 4) is 0 Å². The first-order valence-electron chi connectivity index (χ1n) is 5.89. The van der Waals surface area contributed by atoms with E-state index in [1.807, 2.05) is 35.5 Å². The molecular weight excluding hydrogens is 248 g/mol. The van der Waals surface area contributed by atoms with Crippen LogP contribution in [0.3, 0.4) is 0 Å². The van der Waals surface area contributed by atoms with Gasteiger partial charge in [0.15, 0.2) is 0 Å². The topological polar surface area (TPSA) is 44.3 Å². The average molecular weight is 261 g/mol. The number of benzene rings is 1. The maximum Gasteiger partial charge on any atom is 0.111 e. The summed E-state index contributed by atoms with van der Waals surface area (Å²) in [5, 5.41) is 7.37. The second kappa shape index (κ2) is 4.82. The molecule has 3 rings (SSSR count). The maximum atomic E-state index is 5.88. The van der Waals surface area contributed by atoms with Crippen LogP contribution < -0.4 is 5.01 Å². The van der Waals surface area contributed by atoms with Gasteiger partial charge in [0.1, 0.15) is 5.82 Å². The van der Waals surface area contributed by atoms with Crippen molar-refractivity contribution in [2.75, 3.05) is 11.6 Å². The summed E-state index contributed by atoms with van der Waals surface area (Å²) < 4.78 is 0. The number of nitrogens with zero attached hydrogens (tertiary/aromatic N) is 3. The van der Waals surface area contributed by atoms with Gasteiger partial charge in [0.2, 0.25) is 0 Å². The number of imidazole rings is 1. The second-order valence-corrected chi connectivity index (χ2v) is 4.66. The van der Waals surface area contributed by atoms with E-state index in [-0.39, 0.29) is 0 Å². The fourth-order valence-corrected chi connectivity index (χ4v) is 2.14. The van der Waals surface area contributed by atoms with Gasteiger partial charge in [-0.25, -0.2) is 4.98 Å². The van der Waals surface area contributed by atoms with Crippen molar-refractivity contribution in [3.63, 3.8) is 0 Å². The molecule has 0 radical (unpaired) electrons. The van der Waals surface area contributed by atoms with Crippen LogP contribution in [-0.4, -0.2) is 22.2 Å². The van der Waals surface area contributed by atoms with Crippen molar-refractivity contribution in [1.82, 2.24) is 9.97 Å². The summed E-state index contributed by atoms with van der Waals surface area (Å²) in [6.45, 7) is 0.914. The number of rotatable bonds is 3. The molecule has 0 amide bonds. The van der Waals surface area contributed by atoms with Crippen molar-refractivity contribution < 1.29 is 0 Å². The van der Waals surface area contributed by atoms with Crippen LogP contribution in [0.5, 0.6) is 0 Å². The molecule has 0 aliphatic carbocycles. The van der Waals surface area contributed by atoms with Crippen molar-refractivity contribution in [2.24, 2.45) is 5.10 Å². The van der Waals surface area contributed by atoms with Crippen LogP contribution in [0.2, 0.25) is 5.02 Å². The minimum absolute atomic E-state index is 0.748. The van der Waals surface area contributed by atoms with E-state index in [1.165, 1.54) is 0 Å². The standard InChI is InChI=1S/C13H13ClN4/c14-10-1-3-12(4-2-10)18-8-5-11(17-18)9-13-15-6-7-16-13/h1-4,6-7H,5,8-9H2,(H,15,16). The number of nitrogens with one attached hydrogen (secondary N) is 1. The zero-order valence-corrected chi connectivity index (χ0v) is 10.6. The first-order valence-corrected chi connectivity index (χ1v) is 6.27. The number of hydrazone groups is 1. The van der Waals surface area contributed by atoms with E-state index in [0.717, 1.165) is 41.6 Å². The molecule has 0 spiro atoms. The van der Waals surface area contributed by atoms with Crippen LogP contribution in [0, 0.1) is 0 Å². The molecule has 0 fully saturated rings. The fourth-order valence-electron chi connectivity index (χ4n) is 2.02. The van der Waals surface area contributed by atoms with E-state index < -0.39 is 0 Å². The fraction of sp³-hybridized carbons (Fsp3) is 0.231. The molecule has 1 N–H and O–H groups in total. The lowest BCUT2D eigenvalue weighted by molar-refractivity contribution is 0.922. The highest BCUT2D eigenvalue weighted by atomic mass is 35.5. The molecule has 18 heavy (non-hydrogen) atoms. The summed E-state index contributed by atoms with van der Waals surface area (Å²) in [7, 11) is 0. The number of halogens is 1. The van der Waals surface area contributed by atoms with Gasteiger partial charge >= 0.3 is 0 Å². The van der Waals surface area contributed by atoms with Gasteiger partial charge in [-0.3, -0.25) is 5.01 Å². The summed E-state index contributed by atoms with van der Waals surface area (Å²) in [4.78, 5) is 7.31. The molecule has 92 valence electrons. The van der Waals surface area contributed by atoms with Crippen molar-refractivity contribution in [1.29, 1.82) is 0 Å². The smallest absolute Gasteiger partial charge is 0.111 e. The largest absolute Gasteiger partial charge is 0.348 e. The Labute approximate surface area is 110 Å². The molecule has 2 aromatic rings. The van der Waals surface area contributed by atoms with Gasteiger partial charge in [-0.1, -0.05) is 11.6 Å². The summed E-state index contributed by atoms with van der Waals surface area (Å²) in [6, 6.07) is 7.75. The Balaban J connectivity index is 1.73. The van der Waals surface area contributed by atoms with Crippen molar-refractivity contribution in [3.05, 3.63) is 47.5 Å². The van der Waals surface area contributed by atoms with Gasteiger partial charge in [0, 0.05) is 42.5 Å². The van der Waals surface area contributed by atoms with E-state index >= 15 is 0 Å². The third-order valence-corrected chi connectivity index (χ3v) is 3.18.